The second-order valence-electron chi connectivity index (χ2n) is 5.08. The van der Waals surface area contributed by atoms with Crippen molar-refractivity contribution in [2.45, 2.75) is 19.4 Å². The van der Waals surface area contributed by atoms with Crippen LogP contribution in [-0.4, -0.2) is 43.7 Å². The van der Waals surface area contributed by atoms with Gasteiger partial charge in [0.1, 0.15) is 11.7 Å². The lowest BCUT2D eigenvalue weighted by atomic mass is 10.2. The van der Waals surface area contributed by atoms with Crippen LogP contribution in [0.5, 0.6) is 0 Å². The number of carboxylic acids is 2. The molecule has 0 bridgehead atoms. The van der Waals surface area contributed by atoms with Gasteiger partial charge in [-0.2, -0.15) is 0 Å². The Morgan fingerprint density at radius 1 is 1.24 bits per heavy atom. The molecule has 0 saturated carbocycles. The van der Waals surface area contributed by atoms with Crippen LogP contribution >= 0.6 is 0 Å². The number of azo groups is 1. The topological polar surface area (TPSA) is 160 Å². The monoisotopic (exact) mass is 345 g/mol. The zero-order valence-corrected chi connectivity index (χ0v) is 13.2. The highest BCUT2D eigenvalue weighted by molar-refractivity contribution is 5.93. The van der Waals surface area contributed by atoms with Crippen molar-refractivity contribution < 1.29 is 24.6 Å². The molecule has 0 aliphatic rings. The fourth-order valence-electron chi connectivity index (χ4n) is 2.09. The first-order valence-electron chi connectivity index (χ1n) is 7.11. The van der Waals surface area contributed by atoms with Crippen molar-refractivity contribution in [3.63, 3.8) is 0 Å². The smallest absolute Gasteiger partial charge is 0.337 e. The third-order valence-electron chi connectivity index (χ3n) is 3.26. The van der Waals surface area contributed by atoms with Gasteiger partial charge in [-0.25, -0.2) is 14.3 Å². The van der Waals surface area contributed by atoms with Crippen molar-refractivity contribution in [1.29, 1.82) is 0 Å². The molecule has 1 aromatic heterocycles. The Morgan fingerprint density at radius 3 is 2.52 bits per heavy atom. The van der Waals surface area contributed by atoms with E-state index in [0.29, 0.717) is 0 Å². The van der Waals surface area contributed by atoms with Crippen LogP contribution in [0.3, 0.4) is 0 Å². The molecule has 10 nitrogen and oxygen atoms in total. The highest BCUT2D eigenvalue weighted by Gasteiger charge is 2.19. The number of aliphatic carboxylic acids is 1. The van der Waals surface area contributed by atoms with Crippen LogP contribution < -0.4 is 5.73 Å². The highest BCUT2D eigenvalue weighted by Crippen LogP contribution is 2.23. The summed E-state index contributed by atoms with van der Waals surface area (Å²) >= 11 is 0. The summed E-state index contributed by atoms with van der Waals surface area (Å²) in [6, 6.07) is 4.76. The van der Waals surface area contributed by atoms with Gasteiger partial charge >= 0.3 is 11.9 Å². The summed E-state index contributed by atoms with van der Waals surface area (Å²) in [6.07, 6.45) is 1.16. The maximum Gasteiger partial charge on any atom is 0.337 e. The molecule has 0 saturated heterocycles. The van der Waals surface area contributed by atoms with Gasteiger partial charge in [0.15, 0.2) is 0 Å². The van der Waals surface area contributed by atoms with Gasteiger partial charge in [0.05, 0.1) is 11.8 Å². The number of nitrogens with two attached hydrogens (primary N) is 1. The molecule has 1 unspecified atom stereocenters. The lowest BCUT2D eigenvalue weighted by Gasteiger charge is -2.08. The Kier molecular flexibility index (Phi) is 5.35. The Morgan fingerprint density at radius 2 is 1.92 bits per heavy atom. The lowest BCUT2D eigenvalue weighted by molar-refractivity contribution is -0.138. The molecule has 0 aliphatic heterocycles. The minimum absolute atomic E-state index is 0.0553. The van der Waals surface area contributed by atoms with Gasteiger partial charge in [-0.1, -0.05) is 12.1 Å². The first kappa shape index (κ1) is 17.9. The Labute approximate surface area is 141 Å². The molecule has 25 heavy (non-hydrogen) atoms. The molecular weight excluding hydrogens is 330 g/mol. The number of benzene rings is 1. The van der Waals surface area contributed by atoms with E-state index in [1.54, 1.807) is 12.1 Å². The summed E-state index contributed by atoms with van der Waals surface area (Å²) in [6.45, 7) is 1.25. The lowest BCUT2D eigenvalue weighted by Crippen LogP contribution is -2.33. The molecule has 10 heteroatoms. The maximum atomic E-state index is 11.8. The molecule has 2 rings (SSSR count). The minimum Gasteiger partial charge on any atom is -0.480 e. The first-order chi connectivity index (χ1) is 11.8. The maximum absolute atomic E-state index is 11.8. The second kappa shape index (κ2) is 7.45. The third-order valence-corrected chi connectivity index (χ3v) is 3.26. The molecule has 0 spiro atoms. The number of hydrogen-bond acceptors (Lipinski definition) is 7. The number of rotatable bonds is 6. The number of aromatic nitrogens is 2. The van der Waals surface area contributed by atoms with E-state index in [1.807, 2.05) is 0 Å². The molecule has 0 fully saturated rings. The van der Waals surface area contributed by atoms with Gasteiger partial charge in [0.2, 0.25) is 5.91 Å². The highest BCUT2D eigenvalue weighted by atomic mass is 16.4. The number of carboxylic acid groups (broad SMARTS) is 2. The van der Waals surface area contributed by atoms with E-state index < -0.39 is 23.9 Å². The molecule has 0 amide bonds. The largest absolute Gasteiger partial charge is 0.480 e. The quantitative estimate of drug-likeness (QED) is 0.670. The molecule has 1 heterocycles. The third kappa shape index (κ3) is 4.12. The zero-order valence-electron chi connectivity index (χ0n) is 13.2. The van der Waals surface area contributed by atoms with E-state index in [-0.39, 0.29) is 29.3 Å². The van der Waals surface area contributed by atoms with Crippen LogP contribution in [-0.2, 0) is 11.2 Å². The number of carbonyl (C=O) groups excluding carboxylic acids is 1. The van der Waals surface area contributed by atoms with E-state index in [4.69, 9.17) is 15.9 Å². The summed E-state index contributed by atoms with van der Waals surface area (Å²) in [5.74, 6) is -2.93. The molecule has 1 atom stereocenters. The first-order valence-corrected chi connectivity index (χ1v) is 7.11. The minimum atomic E-state index is -1.21. The van der Waals surface area contributed by atoms with Crippen LogP contribution in [0, 0.1) is 0 Å². The number of aromatic carboxylic acids is 1. The fourth-order valence-corrected chi connectivity index (χ4v) is 2.09. The Balaban J connectivity index is 2.38. The van der Waals surface area contributed by atoms with Gasteiger partial charge in [-0.3, -0.25) is 9.59 Å². The van der Waals surface area contributed by atoms with Crippen molar-refractivity contribution >= 4 is 29.5 Å². The van der Waals surface area contributed by atoms with Gasteiger partial charge in [0.25, 0.3) is 5.95 Å². The van der Waals surface area contributed by atoms with Crippen LogP contribution in [0.25, 0.3) is 0 Å². The summed E-state index contributed by atoms with van der Waals surface area (Å²) in [5.41, 5.74) is 5.78. The summed E-state index contributed by atoms with van der Waals surface area (Å²) in [5, 5.41) is 25.6. The second-order valence-corrected chi connectivity index (χ2v) is 5.08. The van der Waals surface area contributed by atoms with E-state index in [1.165, 1.54) is 25.3 Å². The molecule has 130 valence electrons. The number of hydrogen-bond donors (Lipinski definition) is 3. The summed E-state index contributed by atoms with van der Waals surface area (Å²) in [4.78, 5) is 37.8. The van der Waals surface area contributed by atoms with Crippen LogP contribution in [0.1, 0.15) is 27.8 Å². The predicted molar refractivity (Wildman–Crippen MR) is 85.4 cm³/mol. The van der Waals surface area contributed by atoms with E-state index in [9.17, 15) is 14.4 Å². The standard InChI is InChI=1S/C15H15N5O5/c1-8(21)20-9(6-11(16)14(24)25)7-17-15(20)19-18-12-5-3-2-4-10(12)13(22)23/h2-5,7,11H,6,16H2,1H3,(H,22,23)(H,24,25). The van der Waals surface area contributed by atoms with E-state index in [2.05, 4.69) is 15.2 Å². The Hall–Kier alpha value is -3.40. The van der Waals surface area contributed by atoms with Crippen LogP contribution in [0.4, 0.5) is 11.6 Å². The SMILES string of the molecule is CC(=O)n1c(CC(N)C(=O)O)cnc1N=Nc1ccccc1C(=O)O. The van der Waals surface area contributed by atoms with Crippen molar-refractivity contribution in [2.75, 3.05) is 0 Å². The van der Waals surface area contributed by atoms with E-state index in [0.717, 1.165) is 4.57 Å². The van der Waals surface area contributed by atoms with Gasteiger partial charge in [-0.05, 0) is 12.1 Å². The van der Waals surface area contributed by atoms with Crippen molar-refractivity contribution in [3.05, 3.63) is 41.7 Å². The normalized spacial score (nSPS) is 12.2. The van der Waals surface area contributed by atoms with Crippen molar-refractivity contribution in [2.24, 2.45) is 16.0 Å². The van der Waals surface area contributed by atoms with E-state index >= 15 is 0 Å². The van der Waals surface area contributed by atoms with Crippen molar-refractivity contribution in [1.82, 2.24) is 9.55 Å². The van der Waals surface area contributed by atoms with Gasteiger partial charge in [-0.15, -0.1) is 10.2 Å². The predicted octanol–water partition coefficient (Wildman–Crippen LogP) is 1.61. The van der Waals surface area contributed by atoms with Crippen LogP contribution in [0.2, 0.25) is 0 Å². The van der Waals surface area contributed by atoms with Crippen molar-refractivity contribution in [3.8, 4) is 0 Å². The molecule has 0 radical (unpaired) electrons. The van der Waals surface area contributed by atoms with Gasteiger partial charge < -0.3 is 15.9 Å². The summed E-state index contributed by atoms with van der Waals surface area (Å²) in [7, 11) is 0. The fraction of sp³-hybridized carbons (Fsp3) is 0.200. The molecular formula is C15H15N5O5. The number of imidazole rings is 1. The number of carbonyl (C=O) groups is 3. The van der Waals surface area contributed by atoms with Gasteiger partial charge in [0, 0.05) is 19.0 Å². The molecule has 2 aromatic rings. The van der Waals surface area contributed by atoms with Crippen LogP contribution in [0.15, 0.2) is 40.7 Å². The number of nitrogens with zero attached hydrogens (tertiary/aromatic N) is 4. The average molecular weight is 345 g/mol. The average Bonchev–Trinajstić information content (AvgIpc) is 2.95. The zero-order chi connectivity index (χ0) is 18.6. The molecule has 4 N–H and O–H groups in total. The summed E-state index contributed by atoms with van der Waals surface area (Å²) < 4.78 is 1.08. The molecule has 1 aromatic carbocycles. The Bertz CT molecular complexity index is 858. The molecule has 0 aliphatic carbocycles.